The van der Waals surface area contributed by atoms with Crippen LogP contribution < -0.4 is 5.32 Å². The number of nitrogens with zero attached hydrogens (tertiary/aromatic N) is 1. The first-order chi connectivity index (χ1) is 14.1. The Labute approximate surface area is 197 Å². The molecular formula is C22H24Cl4N2O2. The van der Waals surface area contributed by atoms with Crippen LogP contribution in [0.15, 0.2) is 36.4 Å². The second kappa shape index (κ2) is 11.2. The molecule has 2 atom stereocenters. The Bertz CT molecular complexity index is 900. The number of benzene rings is 2. The molecule has 0 heterocycles. The summed E-state index contributed by atoms with van der Waals surface area (Å²) in [4.78, 5) is 27.5. The van der Waals surface area contributed by atoms with E-state index in [1.54, 1.807) is 43.3 Å². The highest BCUT2D eigenvalue weighted by Crippen LogP contribution is 2.28. The van der Waals surface area contributed by atoms with Crippen molar-refractivity contribution in [3.63, 3.8) is 0 Å². The van der Waals surface area contributed by atoms with Crippen LogP contribution >= 0.6 is 46.4 Å². The largest absolute Gasteiger partial charge is 0.352 e. The van der Waals surface area contributed by atoms with E-state index in [0.29, 0.717) is 31.2 Å². The van der Waals surface area contributed by atoms with E-state index in [1.807, 2.05) is 13.8 Å². The molecule has 0 aliphatic carbocycles. The van der Waals surface area contributed by atoms with Crippen LogP contribution in [-0.4, -0.2) is 28.8 Å². The molecule has 0 fully saturated rings. The van der Waals surface area contributed by atoms with Crippen molar-refractivity contribution >= 4 is 58.2 Å². The van der Waals surface area contributed by atoms with Crippen LogP contribution in [0.2, 0.25) is 20.1 Å². The van der Waals surface area contributed by atoms with Crippen molar-refractivity contribution in [3.05, 3.63) is 67.6 Å². The smallest absolute Gasteiger partial charge is 0.242 e. The van der Waals surface area contributed by atoms with Crippen LogP contribution in [-0.2, 0) is 22.6 Å². The minimum absolute atomic E-state index is 0.00786. The Balaban J connectivity index is 2.34. The summed E-state index contributed by atoms with van der Waals surface area (Å²) < 4.78 is 0. The molecule has 2 aromatic carbocycles. The van der Waals surface area contributed by atoms with Gasteiger partial charge in [0.1, 0.15) is 6.04 Å². The number of hydrogen-bond donors (Lipinski definition) is 1. The SMILES string of the molecule is CCC(C)NC(=O)C(C)N(Cc1c(Cl)cccc1Cl)C(=O)Cc1ccc(Cl)cc1Cl. The summed E-state index contributed by atoms with van der Waals surface area (Å²) in [5.41, 5.74) is 1.20. The predicted molar refractivity (Wildman–Crippen MR) is 125 cm³/mol. The number of carbonyl (C=O) groups excluding carboxylic acids is 2. The van der Waals surface area contributed by atoms with Crippen molar-refractivity contribution in [1.29, 1.82) is 0 Å². The van der Waals surface area contributed by atoms with Crippen molar-refractivity contribution < 1.29 is 9.59 Å². The Hall–Kier alpha value is -1.46. The summed E-state index contributed by atoms with van der Waals surface area (Å²) in [5.74, 6) is -0.523. The van der Waals surface area contributed by atoms with E-state index in [2.05, 4.69) is 5.32 Å². The van der Waals surface area contributed by atoms with Crippen LogP contribution in [0.4, 0.5) is 0 Å². The van der Waals surface area contributed by atoms with Gasteiger partial charge in [-0.25, -0.2) is 0 Å². The molecule has 1 N–H and O–H groups in total. The van der Waals surface area contributed by atoms with Crippen LogP contribution in [0.25, 0.3) is 0 Å². The van der Waals surface area contributed by atoms with Crippen LogP contribution in [0, 0.1) is 0 Å². The highest BCUT2D eigenvalue weighted by atomic mass is 35.5. The fourth-order valence-electron chi connectivity index (χ4n) is 2.83. The number of amides is 2. The summed E-state index contributed by atoms with van der Waals surface area (Å²) in [6.07, 6.45) is 0.794. The van der Waals surface area contributed by atoms with Crippen LogP contribution in [0.3, 0.4) is 0 Å². The first kappa shape index (κ1) is 24.8. The quantitative estimate of drug-likeness (QED) is 0.481. The second-order valence-corrected chi connectivity index (χ2v) is 8.79. The molecule has 4 nitrogen and oxygen atoms in total. The normalized spacial score (nSPS) is 12.9. The molecule has 8 heteroatoms. The molecule has 0 aromatic heterocycles. The topological polar surface area (TPSA) is 49.4 Å². The number of halogens is 4. The van der Waals surface area contributed by atoms with Crippen molar-refractivity contribution in [2.45, 2.75) is 52.2 Å². The third-order valence-electron chi connectivity index (χ3n) is 4.92. The molecule has 162 valence electrons. The molecule has 2 rings (SSSR count). The summed E-state index contributed by atoms with van der Waals surface area (Å²) in [6, 6.07) is 9.35. The minimum Gasteiger partial charge on any atom is -0.352 e. The maximum absolute atomic E-state index is 13.2. The number of nitrogens with one attached hydrogen (secondary N) is 1. The molecular weight excluding hydrogens is 466 g/mol. The third kappa shape index (κ3) is 6.52. The van der Waals surface area contributed by atoms with Crippen molar-refractivity contribution in [2.24, 2.45) is 0 Å². The first-order valence-corrected chi connectivity index (χ1v) is 11.1. The van der Waals surface area contributed by atoms with Gasteiger partial charge >= 0.3 is 0 Å². The summed E-state index contributed by atoms with van der Waals surface area (Å²) in [5, 5.41) is 4.66. The van der Waals surface area contributed by atoms with E-state index in [0.717, 1.165) is 6.42 Å². The third-order valence-corrected chi connectivity index (χ3v) is 6.21. The summed E-state index contributed by atoms with van der Waals surface area (Å²) in [7, 11) is 0. The molecule has 2 amide bonds. The number of rotatable bonds is 8. The maximum Gasteiger partial charge on any atom is 0.242 e. The molecule has 2 aromatic rings. The van der Waals surface area contributed by atoms with Gasteiger partial charge in [-0.05, 0) is 50.1 Å². The van der Waals surface area contributed by atoms with E-state index in [9.17, 15) is 9.59 Å². The summed E-state index contributed by atoms with van der Waals surface area (Å²) in [6.45, 7) is 5.67. The van der Waals surface area contributed by atoms with Crippen molar-refractivity contribution in [1.82, 2.24) is 10.2 Å². The Morgan fingerprint density at radius 1 is 1.00 bits per heavy atom. The zero-order valence-electron chi connectivity index (χ0n) is 17.0. The van der Waals surface area contributed by atoms with Gasteiger partial charge in [-0.2, -0.15) is 0 Å². The zero-order valence-corrected chi connectivity index (χ0v) is 20.0. The highest BCUT2D eigenvalue weighted by Gasteiger charge is 2.28. The van der Waals surface area contributed by atoms with E-state index >= 15 is 0 Å². The van der Waals surface area contributed by atoms with Gasteiger partial charge in [0.2, 0.25) is 11.8 Å². The van der Waals surface area contributed by atoms with Crippen molar-refractivity contribution in [2.75, 3.05) is 0 Å². The Morgan fingerprint density at radius 2 is 1.63 bits per heavy atom. The highest BCUT2D eigenvalue weighted by molar-refractivity contribution is 6.36. The van der Waals surface area contributed by atoms with Crippen LogP contribution in [0.5, 0.6) is 0 Å². The molecule has 0 saturated carbocycles. The Kier molecular flexibility index (Phi) is 9.30. The fraction of sp³-hybridized carbons (Fsp3) is 0.364. The molecule has 0 saturated heterocycles. The van der Waals surface area contributed by atoms with E-state index in [-0.39, 0.29) is 30.8 Å². The average molecular weight is 490 g/mol. The van der Waals surface area contributed by atoms with Crippen LogP contribution in [0.1, 0.15) is 38.3 Å². The van der Waals surface area contributed by atoms with Gasteiger partial charge in [0.15, 0.2) is 0 Å². The molecule has 0 spiro atoms. The molecule has 0 radical (unpaired) electrons. The molecule has 0 aliphatic rings. The Morgan fingerprint density at radius 3 is 2.20 bits per heavy atom. The van der Waals surface area contributed by atoms with E-state index in [1.165, 1.54) is 4.90 Å². The molecule has 0 aliphatic heterocycles. The van der Waals surface area contributed by atoms with Gasteiger partial charge < -0.3 is 10.2 Å². The fourth-order valence-corrected chi connectivity index (χ4v) is 3.82. The van der Waals surface area contributed by atoms with Gasteiger partial charge in [0.05, 0.1) is 6.42 Å². The monoisotopic (exact) mass is 488 g/mol. The lowest BCUT2D eigenvalue weighted by molar-refractivity contribution is -0.140. The molecule has 2 unspecified atom stereocenters. The summed E-state index contributed by atoms with van der Waals surface area (Å²) >= 11 is 24.8. The lowest BCUT2D eigenvalue weighted by Crippen LogP contribution is -2.50. The second-order valence-electron chi connectivity index (χ2n) is 7.13. The number of hydrogen-bond acceptors (Lipinski definition) is 2. The molecule has 0 bridgehead atoms. The first-order valence-electron chi connectivity index (χ1n) is 9.60. The molecule has 30 heavy (non-hydrogen) atoms. The standard InChI is InChI=1S/C22H24Cl4N2O2/c1-4-13(2)27-22(30)14(3)28(12-17-18(24)6-5-7-19(17)25)21(29)10-15-8-9-16(23)11-20(15)26/h5-9,11,13-14H,4,10,12H2,1-3H3,(H,27,30). The number of carbonyl (C=O) groups is 2. The predicted octanol–water partition coefficient (Wildman–Crippen LogP) is 6.17. The van der Waals surface area contributed by atoms with Gasteiger partial charge in [-0.3, -0.25) is 9.59 Å². The van der Waals surface area contributed by atoms with E-state index < -0.39 is 6.04 Å². The maximum atomic E-state index is 13.2. The lowest BCUT2D eigenvalue weighted by Gasteiger charge is -2.30. The van der Waals surface area contributed by atoms with Gasteiger partial charge in [-0.1, -0.05) is 65.5 Å². The van der Waals surface area contributed by atoms with E-state index in [4.69, 9.17) is 46.4 Å². The lowest BCUT2D eigenvalue weighted by atomic mass is 10.1. The van der Waals surface area contributed by atoms with Crippen molar-refractivity contribution in [3.8, 4) is 0 Å². The minimum atomic E-state index is -0.732. The van der Waals surface area contributed by atoms with Gasteiger partial charge in [0, 0.05) is 38.2 Å². The van der Waals surface area contributed by atoms with Gasteiger partial charge in [-0.15, -0.1) is 0 Å². The van der Waals surface area contributed by atoms with Gasteiger partial charge in [0.25, 0.3) is 0 Å². The average Bonchev–Trinajstić information content (AvgIpc) is 2.69. The zero-order chi connectivity index (χ0) is 22.4.